The number of halogens is 1. The highest BCUT2D eigenvalue weighted by atomic mass is 79.9. The average molecular weight is 244 g/mol. The first-order valence-electron chi connectivity index (χ1n) is 4.28. The van der Waals surface area contributed by atoms with E-state index in [0.717, 1.165) is 4.47 Å². The van der Waals surface area contributed by atoms with Crippen LogP contribution in [0.15, 0.2) is 28.7 Å². The van der Waals surface area contributed by atoms with Gasteiger partial charge in [0.25, 0.3) is 0 Å². The maximum Gasteiger partial charge on any atom is 0.0721 e. The molecule has 1 atom stereocenters. The molecule has 2 nitrogen and oxygen atoms in total. The zero-order valence-corrected chi connectivity index (χ0v) is 9.25. The molecule has 1 aromatic rings. The molecule has 0 spiro atoms. The summed E-state index contributed by atoms with van der Waals surface area (Å²) < 4.78 is 6.56. The highest BCUT2D eigenvalue weighted by molar-refractivity contribution is 9.10. The van der Waals surface area contributed by atoms with Gasteiger partial charge in [0.2, 0.25) is 0 Å². The third kappa shape index (κ3) is 3.89. The second-order valence-electron chi connectivity index (χ2n) is 2.98. The van der Waals surface area contributed by atoms with Gasteiger partial charge in [0.15, 0.2) is 0 Å². The van der Waals surface area contributed by atoms with E-state index in [-0.39, 0.29) is 6.10 Å². The van der Waals surface area contributed by atoms with Crippen molar-refractivity contribution in [1.29, 1.82) is 0 Å². The fraction of sp³-hybridized carbons (Fsp3) is 0.400. The summed E-state index contributed by atoms with van der Waals surface area (Å²) in [6.07, 6.45) is 0.128. The predicted octanol–water partition coefficient (Wildman–Crippen LogP) is 2.31. The van der Waals surface area contributed by atoms with E-state index in [1.165, 1.54) is 5.56 Å². The summed E-state index contributed by atoms with van der Waals surface area (Å²) in [6, 6.07) is 8.08. The first-order valence-corrected chi connectivity index (χ1v) is 5.08. The number of hydrogen-bond acceptors (Lipinski definition) is 2. The minimum atomic E-state index is 0.128. The van der Waals surface area contributed by atoms with Crippen molar-refractivity contribution in [3.8, 4) is 0 Å². The molecule has 3 heteroatoms. The van der Waals surface area contributed by atoms with Crippen LogP contribution in [-0.4, -0.2) is 12.6 Å². The molecule has 0 fully saturated rings. The normalized spacial score (nSPS) is 12.8. The van der Waals surface area contributed by atoms with E-state index in [9.17, 15) is 0 Å². The molecule has 1 aromatic carbocycles. The Morgan fingerprint density at radius 1 is 1.38 bits per heavy atom. The number of benzene rings is 1. The molecule has 0 bridgehead atoms. The van der Waals surface area contributed by atoms with Gasteiger partial charge in [-0.15, -0.1) is 0 Å². The molecule has 0 aliphatic carbocycles. The van der Waals surface area contributed by atoms with Gasteiger partial charge in [0, 0.05) is 11.0 Å². The minimum Gasteiger partial charge on any atom is -0.373 e. The highest BCUT2D eigenvalue weighted by Crippen LogP contribution is 2.11. The van der Waals surface area contributed by atoms with E-state index in [0.29, 0.717) is 13.2 Å². The van der Waals surface area contributed by atoms with Crippen molar-refractivity contribution in [1.82, 2.24) is 0 Å². The van der Waals surface area contributed by atoms with Crippen molar-refractivity contribution < 1.29 is 4.74 Å². The van der Waals surface area contributed by atoms with Crippen LogP contribution in [0.1, 0.15) is 12.5 Å². The number of ether oxygens (including phenoxy) is 1. The molecule has 0 aliphatic heterocycles. The predicted molar refractivity (Wildman–Crippen MR) is 57.4 cm³/mol. The van der Waals surface area contributed by atoms with Crippen LogP contribution in [0.5, 0.6) is 0 Å². The summed E-state index contributed by atoms with van der Waals surface area (Å²) in [5.74, 6) is 0. The van der Waals surface area contributed by atoms with E-state index >= 15 is 0 Å². The maximum absolute atomic E-state index is 5.48. The quantitative estimate of drug-likeness (QED) is 0.882. The van der Waals surface area contributed by atoms with E-state index in [1.807, 2.05) is 31.2 Å². The van der Waals surface area contributed by atoms with E-state index in [4.69, 9.17) is 10.5 Å². The molecule has 2 N–H and O–H groups in total. The van der Waals surface area contributed by atoms with Crippen LogP contribution in [0.3, 0.4) is 0 Å². The molecule has 0 amide bonds. The Kier molecular flexibility index (Phi) is 4.42. The summed E-state index contributed by atoms with van der Waals surface area (Å²) in [5, 5.41) is 0. The lowest BCUT2D eigenvalue weighted by Crippen LogP contribution is -2.19. The molecule has 0 heterocycles. The van der Waals surface area contributed by atoms with E-state index < -0.39 is 0 Å². The van der Waals surface area contributed by atoms with Gasteiger partial charge in [0.1, 0.15) is 0 Å². The SMILES string of the molecule is CC(CN)OCc1ccc(Br)cc1. The maximum atomic E-state index is 5.48. The molecule has 0 aliphatic rings. The second-order valence-corrected chi connectivity index (χ2v) is 3.90. The Morgan fingerprint density at radius 3 is 2.54 bits per heavy atom. The van der Waals surface area contributed by atoms with Gasteiger partial charge in [0.05, 0.1) is 12.7 Å². The smallest absolute Gasteiger partial charge is 0.0721 e. The Hall–Kier alpha value is -0.380. The Labute approximate surface area is 87.2 Å². The van der Waals surface area contributed by atoms with Crippen LogP contribution in [0, 0.1) is 0 Å². The van der Waals surface area contributed by atoms with Crippen LogP contribution >= 0.6 is 15.9 Å². The molecule has 0 saturated heterocycles. The Bertz CT molecular complexity index is 248. The van der Waals surface area contributed by atoms with Gasteiger partial charge in [-0.1, -0.05) is 28.1 Å². The Morgan fingerprint density at radius 2 is 2.00 bits per heavy atom. The van der Waals surface area contributed by atoms with Crippen LogP contribution in [0.2, 0.25) is 0 Å². The minimum absolute atomic E-state index is 0.128. The summed E-state index contributed by atoms with van der Waals surface area (Å²) in [4.78, 5) is 0. The zero-order valence-electron chi connectivity index (χ0n) is 7.66. The monoisotopic (exact) mass is 243 g/mol. The number of hydrogen-bond donors (Lipinski definition) is 1. The number of rotatable bonds is 4. The van der Waals surface area contributed by atoms with Gasteiger partial charge >= 0.3 is 0 Å². The van der Waals surface area contributed by atoms with Gasteiger partial charge in [-0.2, -0.15) is 0 Å². The van der Waals surface area contributed by atoms with Crippen molar-refractivity contribution >= 4 is 15.9 Å². The lowest BCUT2D eigenvalue weighted by atomic mass is 10.2. The topological polar surface area (TPSA) is 35.2 Å². The molecule has 72 valence electrons. The van der Waals surface area contributed by atoms with Gasteiger partial charge in [-0.3, -0.25) is 0 Å². The standard InChI is InChI=1S/C10H14BrNO/c1-8(6-12)13-7-9-2-4-10(11)5-3-9/h2-5,8H,6-7,12H2,1H3. The van der Waals surface area contributed by atoms with Crippen molar-refractivity contribution in [3.63, 3.8) is 0 Å². The first-order chi connectivity index (χ1) is 6.22. The molecule has 0 saturated carbocycles. The van der Waals surface area contributed by atoms with Crippen LogP contribution in [0.4, 0.5) is 0 Å². The summed E-state index contributed by atoms with van der Waals surface area (Å²) >= 11 is 3.38. The lowest BCUT2D eigenvalue weighted by Gasteiger charge is -2.10. The molecular formula is C10H14BrNO. The summed E-state index contributed by atoms with van der Waals surface area (Å²) in [6.45, 7) is 3.17. The Balaban J connectivity index is 2.41. The van der Waals surface area contributed by atoms with Gasteiger partial charge in [-0.25, -0.2) is 0 Å². The van der Waals surface area contributed by atoms with Crippen LogP contribution in [-0.2, 0) is 11.3 Å². The number of nitrogens with two attached hydrogens (primary N) is 1. The van der Waals surface area contributed by atoms with Crippen LogP contribution < -0.4 is 5.73 Å². The molecule has 0 radical (unpaired) electrons. The largest absolute Gasteiger partial charge is 0.373 e. The average Bonchev–Trinajstić information content (AvgIpc) is 2.16. The summed E-state index contributed by atoms with van der Waals surface area (Å²) in [5.41, 5.74) is 6.60. The molecule has 13 heavy (non-hydrogen) atoms. The van der Waals surface area contributed by atoms with E-state index in [2.05, 4.69) is 15.9 Å². The third-order valence-electron chi connectivity index (χ3n) is 1.78. The fourth-order valence-electron chi connectivity index (χ4n) is 0.887. The zero-order chi connectivity index (χ0) is 9.68. The van der Waals surface area contributed by atoms with Crippen molar-refractivity contribution in [2.45, 2.75) is 19.6 Å². The van der Waals surface area contributed by atoms with Crippen molar-refractivity contribution in [3.05, 3.63) is 34.3 Å². The summed E-state index contributed by atoms with van der Waals surface area (Å²) in [7, 11) is 0. The third-order valence-corrected chi connectivity index (χ3v) is 2.31. The lowest BCUT2D eigenvalue weighted by molar-refractivity contribution is 0.0590. The fourth-order valence-corrected chi connectivity index (χ4v) is 1.15. The second kappa shape index (κ2) is 5.37. The highest BCUT2D eigenvalue weighted by Gasteiger charge is 1.98. The first kappa shape index (κ1) is 10.7. The van der Waals surface area contributed by atoms with Crippen molar-refractivity contribution in [2.24, 2.45) is 5.73 Å². The van der Waals surface area contributed by atoms with Gasteiger partial charge < -0.3 is 10.5 Å². The van der Waals surface area contributed by atoms with Crippen LogP contribution in [0.25, 0.3) is 0 Å². The molecule has 1 rings (SSSR count). The molecule has 0 aromatic heterocycles. The molecule has 1 unspecified atom stereocenters. The van der Waals surface area contributed by atoms with E-state index in [1.54, 1.807) is 0 Å². The molecular weight excluding hydrogens is 230 g/mol. The van der Waals surface area contributed by atoms with Gasteiger partial charge in [-0.05, 0) is 24.6 Å². The van der Waals surface area contributed by atoms with Crippen molar-refractivity contribution in [2.75, 3.05) is 6.54 Å².